The normalized spacial score (nSPS) is 22.6. The van der Waals surface area contributed by atoms with E-state index in [0.717, 1.165) is 26.2 Å². The van der Waals surface area contributed by atoms with E-state index in [-0.39, 0.29) is 0 Å². The molecule has 0 bridgehead atoms. The quantitative estimate of drug-likeness (QED) is 0.869. The van der Waals surface area contributed by atoms with Gasteiger partial charge in [-0.15, -0.1) is 0 Å². The van der Waals surface area contributed by atoms with E-state index < -0.39 is 0 Å². The Balaban J connectivity index is 2.08. The number of hydrogen-bond donors (Lipinski definition) is 1. The summed E-state index contributed by atoms with van der Waals surface area (Å²) in [5, 5.41) is 3.63. The van der Waals surface area contributed by atoms with Crippen molar-refractivity contribution in [3.63, 3.8) is 0 Å². The Hall–Kier alpha value is -0.900. The lowest BCUT2D eigenvalue weighted by Crippen LogP contribution is -2.53. The molecular weight excluding hydrogens is 258 g/mol. The van der Waals surface area contributed by atoms with Gasteiger partial charge in [-0.2, -0.15) is 0 Å². The molecule has 21 heavy (non-hydrogen) atoms. The van der Waals surface area contributed by atoms with Crippen LogP contribution in [0, 0.1) is 0 Å². The minimum atomic E-state index is 0.482. The first kappa shape index (κ1) is 16.5. The van der Waals surface area contributed by atoms with E-state index in [1.807, 2.05) is 0 Å². The lowest BCUT2D eigenvalue weighted by Gasteiger charge is -2.43. The first-order valence-electron chi connectivity index (χ1n) is 8.38. The highest BCUT2D eigenvalue weighted by Gasteiger charge is 2.28. The van der Waals surface area contributed by atoms with Crippen LogP contribution in [0.5, 0.6) is 0 Å². The molecule has 0 aliphatic carbocycles. The van der Waals surface area contributed by atoms with Gasteiger partial charge in [0.15, 0.2) is 0 Å². The van der Waals surface area contributed by atoms with Gasteiger partial charge in [-0.1, -0.05) is 51.1 Å². The Morgan fingerprint density at radius 3 is 2.48 bits per heavy atom. The van der Waals surface area contributed by atoms with Crippen molar-refractivity contribution in [3.8, 4) is 0 Å². The number of nitrogens with one attached hydrogen (secondary N) is 1. The summed E-state index contributed by atoms with van der Waals surface area (Å²) in [6.45, 7) is 14.8. The summed E-state index contributed by atoms with van der Waals surface area (Å²) in [5.74, 6) is 0. The largest absolute Gasteiger partial charge is 0.313 e. The summed E-state index contributed by atoms with van der Waals surface area (Å²) < 4.78 is 0. The van der Waals surface area contributed by atoms with E-state index in [0.29, 0.717) is 18.1 Å². The van der Waals surface area contributed by atoms with Gasteiger partial charge in [0.2, 0.25) is 0 Å². The summed E-state index contributed by atoms with van der Waals surface area (Å²) >= 11 is 0. The molecule has 1 aliphatic rings. The molecule has 1 heterocycles. The molecule has 2 unspecified atom stereocenters. The van der Waals surface area contributed by atoms with Crippen LogP contribution in [-0.2, 0) is 0 Å². The molecule has 0 amide bonds. The number of hydrogen-bond acceptors (Lipinski definition) is 3. The van der Waals surface area contributed by atoms with Crippen LogP contribution in [0.4, 0.5) is 0 Å². The predicted molar refractivity (Wildman–Crippen MR) is 90.6 cm³/mol. The minimum Gasteiger partial charge on any atom is -0.313 e. The third-order valence-corrected chi connectivity index (χ3v) is 4.55. The van der Waals surface area contributed by atoms with Crippen LogP contribution in [0.15, 0.2) is 30.3 Å². The summed E-state index contributed by atoms with van der Waals surface area (Å²) in [6, 6.07) is 12.6. The monoisotopic (exact) mass is 289 g/mol. The average Bonchev–Trinajstić information content (AvgIpc) is 2.48. The van der Waals surface area contributed by atoms with E-state index in [4.69, 9.17) is 0 Å². The van der Waals surface area contributed by atoms with E-state index in [9.17, 15) is 0 Å². The van der Waals surface area contributed by atoms with Gasteiger partial charge in [0, 0.05) is 44.3 Å². The second kappa shape index (κ2) is 7.92. The molecule has 1 N–H and O–H groups in total. The highest BCUT2D eigenvalue weighted by atomic mass is 15.3. The van der Waals surface area contributed by atoms with Crippen molar-refractivity contribution in [1.82, 2.24) is 15.1 Å². The summed E-state index contributed by atoms with van der Waals surface area (Å²) in [6.07, 6.45) is 0. The van der Waals surface area contributed by atoms with Gasteiger partial charge in [-0.25, -0.2) is 0 Å². The molecule has 1 saturated heterocycles. The van der Waals surface area contributed by atoms with Crippen LogP contribution in [-0.4, -0.2) is 54.6 Å². The smallest absolute Gasteiger partial charge is 0.0473 e. The fraction of sp³-hybridized carbons (Fsp3) is 0.667. The molecule has 2 rings (SSSR count). The van der Waals surface area contributed by atoms with Crippen molar-refractivity contribution in [2.45, 2.75) is 45.8 Å². The maximum Gasteiger partial charge on any atom is 0.0473 e. The standard InChI is InChI=1S/C18H31N3/c1-5-20-11-12-21(14-16(20)4)18(13-19-15(2)3)17-9-7-6-8-10-17/h6-10,15-16,18-19H,5,11-14H2,1-4H3. The molecule has 1 fully saturated rings. The first-order valence-corrected chi connectivity index (χ1v) is 8.38. The third kappa shape index (κ3) is 4.53. The van der Waals surface area contributed by atoms with Crippen LogP contribution in [0.1, 0.15) is 39.3 Å². The lowest BCUT2D eigenvalue weighted by molar-refractivity contribution is 0.0575. The van der Waals surface area contributed by atoms with Crippen molar-refractivity contribution in [2.75, 3.05) is 32.7 Å². The molecule has 0 aromatic heterocycles. The zero-order valence-corrected chi connectivity index (χ0v) is 14.0. The number of nitrogens with zero attached hydrogens (tertiary/aromatic N) is 2. The number of benzene rings is 1. The molecule has 0 saturated carbocycles. The topological polar surface area (TPSA) is 18.5 Å². The molecule has 118 valence electrons. The highest BCUT2D eigenvalue weighted by molar-refractivity contribution is 5.20. The molecule has 0 spiro atoms. The van der Waals surface area contributed by atoms with Crippen LogP contribution in [0.2, 0.25) is 0 Å². The van der Waals surface area contributed by atoms with Crippen LogP contribution in [0.3, 0.4) is 0 Å². The zero-order chi connectivity index (χ0) is 15.2. The van der Waals surface area contributed by atoms with Crippen molar-refractivity contribution >= 4 is 0 Å². The van der Waals surface area contributed by atoms with Gasteiger partial charge in [0.25, 0.3) is 0 Å². The van der Waals surface area contributed by atoms with Gasteiger partial charge in [0.05, 0.1) is 0 Å². The molecule has 1 aromatic carbocycles. The Kier molecular flexibility index (Phi) is 6.22. The SMILES string of the molecule is CCN1CCN(C(CNC(C)C)c2ccccc2)CC1C. The Morgan fingerprint density at radius 1 is 1.19 bits per heavy atom. The van der Waals surface area contributed by atoms with Crippen molar-refractivity contribution in [1.29, 1.82) is 0 Å². The highest BCUT2D eigenvalue weighted by Crippen LogP contribution is 2.23. The van der Waals surface area contributed by atoms with Crippen molar-refractivity contribution < 1.29 is 0 Å². The molecule has 0 radical (unpaired) electrons. The third-order valence-electron chi connectivity index (χ3n) is 4.55. The Morgan fingerprint density at radius 2 is 1.90 bits per heavy atom. The van der Waals surface area contributed by atoms with E-state index in [1.165, 1.54) is 12.1 Å². The van der Waals surface area contributed by atoms with Crippen LogP contribution >= 0.6 is 0 Å². The average molecular weight is 289 g/mol. The molecular formula is C18H31N3. The van der Waals surface area contributed by atoms with Gasteiger partial charge in [0.1, 0.15) is 0 Å². The molecule has 1 aliphatic heterocycles. The second-order valence-corrected chi connectivity index (χ2v) is 6.46. The zero-order valence-electron chi connectivity index (χ0n) is 14.0. The van der Waals surface area contributed by atoms with Gasteiger partial charge < -0.3 is 5.32 Å². The predicted octanol–water partition coefficient (Wildman–Crippen LogP) is 2.75. The maximum atomic E-state index is 3.63. The maximum absolute atomic E-state index is 3.63. The summed E-state index contributed by atoms with van der Waals surface area (Å²) in [7, 11) is 0. The molecule has 3 nitrogen and oxygen atoms in total. The number of likely N-dealkylation sites (N-methyl/N-ethyl adjacent to an activating group) is 1. The van der Waals surface area contributed by atoms with Gasteiger partial charge in [-0.3, -0.25) is 9.80 Å². The fourth-order valence-electron chi connectivity index (χ4n) is 3.26. The molecule has 1 aromatic rings. The fourth-order valence-corrected chi connectivity index (χ4v) is 3.26. The van der Waals surface area contributed by atoms with Crippen LogP contribution in [0.25, 0.3) is 0 Å². The summed E-state index contributed by atoms with van der Waals surface area (Å²) in [5.41, 5.74) is 1.43. The number of piperazine rings is 1. The van der Waals surface area contributed by atoms with E-state index >= 15 is 0 Å². The summed E-state index contributed by atoms with van der Waals surface area (Å²) in [4.78, 5) is 5.23. The van der Waals surface area contributed by atoms with Gasteiger partial charge >= 0.3 is 0 Å². The minimum absolute atomic E-state index is 0.482. The van der Waals surface area contributed by atoms with Crippen molar-refractivity contribution in [3.05, 3.63) is 35.9 Å². The number of rotatable bonds is 6. The molecule has 2 atom stereocenters. The molecule has 3 heteroatoms. The Bertz CT molecular complexity index is 404. The van der Waals surface area contributed by atoms with Crippen LogP contribution < -0.4 is 5.32 Å². The second-order valence-electron chi connectivity index (χ2n) is 6.46. The van der Waals surface area contributed by atoms with Gasteiger partial charge in [-0.05, 0) is 19.0 Å². The lowest BCUT2D eigenvalue weighted by atomic mass is 10.0. The van der Waals surface area contributed by atoms with E-state index in [2.05, 4.69) is 73.1 Å². The first-order chi connectivity index (χ1) is 10.1. The Labute approximate surface area is 130 Å². The van der Waals surface area contributed by atoms with Crippen molar-refractivity contribution in [2.24, 2.45) is 0 Å². The van der Waals surface area contributed by atoms with E-state index in [1.54, 1.807) is 0 Å².